The van der Waals surface area contributed by atoms with E-state index in [0.29, 0.717) is 0 Å². The summed E-state index contributed by atoms with van der Waals surface area (Å²) >= 11 is 0. The number of nitro groups is 1. The Morgan fingerprint density at radius 2 is 2.28 bits per heavy atom. The summed E-state index contributed by atoms with van der Waals surface area (Å²) in [7, 11) is 0. The summed E-state index contributed by atoms with van der Waals surface area (Å²) in [6.45, 7) is 1.68. The van der Waals surface area contributed by atoms with Crippen LogP contribution in [0.4, 0.5) is 10.1 Å². The highest BCUT2D eigenvalue weighted by Crippen LogP contribution is 2.27. The molecule has 2 rings (SSSR count). The van der Waals surface area contributed by atoms with Crippen LogP contribution in [0.15, 0.2) is 28.8 Å². The molecule has 0 aliphatic rings. The lowest BCUT2D eigenvalue weighted by Gasteiger charge is -2.00. The molecule has 6 nitrogen and oxygen atoms in total. The highest BCUT2D eigenvalue weighted by molar-refractivity contribution is 5.59. The number of nitrogens with zero attached hydrogens (tertiary/aromatic N) is 2. The van der Waals surface area contributed by atoms with Crippen molar-refractivity contribution in [1.82, 2.24) is 4.98 Å². The van der Waals surface area contributed by atoms with Crippen molar-refractivity contribution in [2.24, 2.45) is 5.73 Å². The molecule has 0 bridgehead atoms. The third-order valence-corrected chi connectivity index (χ3v) is 2.34. The van der Waals surface area contributed by atoms with Gasteiger partial charge in [0.25, 0.3) is 5.69 Å². The SMILES string of the molecule is CC(N)c1ncc(-c2ccc([N+](=O)[O-])cc2F)o1. The van der Waals surface area contributed by atoms with Crippen LogP contribution < -0.4 is 5.73 Å². The van der Waals surface area contributed by atoms with Crippen molar-refractivity contribution in [2.75, 3.05) is 0 Å². The molecule has 0 saturated heterocycles. The van der Waals surface area contributed by atoms with Gasteiger partial charge >= 0.3 is 0 Å². The molecule has 1 unspecified atom stereocenters. The van der Waals surface area contributed by atoms with Crippen LogP contribution in [0.25, 0.3) is 11.3 Å². The normalized spacial score (nSPS) is 12.4. The summed E-state index contributed by atoms with van der Waals surface area (Å²) < 4.78 is 18.9. The summed E-state index contributed by atoms with van der Waals surface area (Å²) in [5, 5.41) is 10.5. The lowest BCUT2D eigenvalue weighted by atomic mass is 10.1. The van der Waals surface area contributed by atoms with Crippen LogP contribution in [-0.2, 0) is 0 Å². The first-order valence-electron chi connectivity index (χ1n) is 5.14. The minimum absolute atomic E-state index is 0.111. The minimum atomic E-state index is -0.739. The lowest BCUT2D eigenvalue weighted by molar-refractivity contribution is -0.385. The van der Waals surface area contributed by atoms with Crippen LogP contribution in [0.3, 0.4) is 0 Å². The fourth-order valence-electron chi connectivity index (χ4n) is 1.44. The van der Waals surface area contributed by atoms with E-state index < -0.39 is 16.8 Å². The molecule has 1 aromatic carbocycles. The highest BCUT2D eigenvalue weighted by Gasteiger charge is 2.16. The van der Waals surface area contributed by atoms with E-state index in [2.05, 4.69) is 4.98 Å². The van der Waals surface area contributed by atoms with Gasteiger partial charge in [-0.3, -0.25) is 10.1 Å². The Hall–Kier alpha value is -2.28. The monoisotopic (exact) mass is 251 g/mol. The molecule has 0 spiro atoms. The lowest BCUT2D eigenvalue weighted by Crippen LogP contribution is -2.04. The van der Waals surface area contributed by atoms with E-state index >= 15 is 0 Å². The quantitative estimate of drug-likeness (QED) is 0.667. The van der Waals surface area contributed by atoms with Gasteiger partial charge in [-0.25, -0.2) is 9.37 Å². The fourth-order valence-corrected chi connectivity index (χ4v) is 1.44. The Balaban J connectivity index is 2.41. The van der Waals surface area contributed by atoms with Crippen LogP contribution in [0, 0.1) is 15.9 Å². The molecular formula is C11H10FN3O3. The second-order valence-corrected chi connectivity index (χ2v) is 3.77. The molecule has 94 valence electrons. The van der Waals surface area contributed by atoms with E-state index in [1.165, 1.54) is 18.3 Å². The molecule has 0 saturated carbocycles. The number of halogens is 1. The minimum Gasteiger partial charge on any atom is -0.439 e. The number of nitrogens with two attached hydrogens (primary N) is 1. The van der Waals surface area contributed by atoms with Crippen LogP contribution >= 0.6 is 0 Å². The van der Waals surface area contributed by atoms with Crippen LogP contribution in [-0.4, -0.2) is 9.91 Å². The molecule has 2 N–H and O–H groups in total. The first-order chi connectivity index (χ1) is 8.49. The van der Waals surface area contributed by atoms with Gasteiger partial charge in [0.15, 0.2) is 5.76 Å². The summed E-state index contributed by atoms with van der Waals surface area (Å²) in [6.07, 6.45) is 1.34. The number of oxazole rings is 1. The van der Waals surface area contributed by atoms with Crippen molar-refractivity contribution in [3.05, 3.63) is 46.2 Å². The standard InChI is InChI=1S/C11H10FN3O3/c1-6(13)11-14-5-10(18-11)8-3-2-7(15(16)17)4-9(8)12/h2-6H,13H2,1H3. The van der Waals surface area contributed by atoms with Crippen LogP contribution in [0.1, 0.15) is 18.9 Å². The van der Waals surface area contributed by atoms with Gasteiger partial charge in [-0.15, -0.1) is 0 Å². The van der Waals surface area contributed by atoms with Crippen molar-refractivity contribution in [3.63, 3.8) is 0 Å². The predicted molar refractivity (Wildman–Crippen MR) is 61.2 cm³/mol. The zero-order valence-electron chi connectivity index (χ0n) is 9.46. The van der Waals surface area contributed by atoms with Gasteiger partial charge in [-0.05, 0) is 13.0 Å². The van der Waals surface area contributed by atoms with Crippen molar-refractivity contribution in [3.8, 4) is 11.3 Å². The Kier molecular flexibility index (Phi) is 3.07. The molecular weight excluding hydrogens is 241 g/mol. The Morgan fingerprint density at radius 1 is 1.56 bits per heavy atom. The van der Waals surface area contributed by atoms with E-state index in [-0.39, 0.29) is 22.9 Å². The number of nitro benzene ring substituents is 1. The maximum atomic E-state index is 13.7. The summed E-state index contributed by atoms with van der Waals surface area (Å²) in [6, 6.07) is 2.91. The van der Waals surface area contributed by atoms with E-state index in [9.17, 15) is 14.5 Å². The summed E-state index contributed by atoms with van der Waals surface area (Å²) in [5.41, 5.74) is 5.36. The largest absolute Gasteiger partial charge is 0.439 e. The van der Waals surface area contributed by atoms with Crippen LogP contribution in [0.2, 0.25) is 0 Å². The topological polar surface area (TPSA) is 95.2 Å². The Morgan fingerprint density at radius 3 is 2.78 bits per heavy atom. The number of hydrogen-bond donors (Lipinski definition) is 1. The van der Waals surface area contributed by atoms with Gasteiger partial charge < -0.3 is 10.2 Å². The molecule has 2 aromatic rings. The summed E-state index contributed by atoms with van der Waals surface area (Å²) in [4.78, 5) is 13.7. The molecule has 0 aliphatic carbocycles. The van der Waals surface area contributed by atoms with E-state index in [1.54, 1.807) is 6.92 Å². The number of aromatic nitrogens is 1. The van der Waals surface area contributed by atoms with E-state index in [0.717, 1.165) is 6.07 Å². The van der Waals surface area contributed by atoms with Gasteiger partial charge in [-0.1, -0.05) is 0 Å². The molecule has 7 heteroatoms. The first kappa shape index (κ1) is 12.2. The highest BCUT2D eigenvalue weighted by atomic mass is 19.1. The number of non-ortho nitro benzene ring substituents is 1. The second kappa shape index (κ2) is 4.53. The van der Waals surface area contributed by atoms with E-state index in [1.807, 2.05) is 0 Å². The molecule has 0 aliphatic heterocycles. The van der Waals surface area contributed by atoms with Crippen molar-refractivity contribution in [2.45, 2.75) is 13.0 Å². The molecule has 18 heavy (non-hydrogen) atoms. The zero-order chi connectivity index (χ0) is 13.3. The van der Waals surface area contributed by atoms with Crippen molar-refractivity contribution < 1.29 is 13.7 Å². The Labute approximate surface area is 101 Å². The third kappa shape index (κ3) is 2.21. The molecule has 0 radical (unpaired) electrons. The summed E-state index contributed by atoms with van der Waals surface area (Å²) in [5.74, 6) is -0.269. The predicted octanol–water partition coefficient (Wildman–Crippen LogP) is 2.41. The zero-order valence-corrected chi connectivity index (χ0v) is 9.46. The average molecular weight is 251 g/mol. The number of rotatable bonds is 3. The van der Waals surface area contributed by atoms with Crippen molar-refractivity contribution in [1.29, 1.82) is 0 Å². The maximum absolute atomic E-state index is 13.7. The van der Waals surface area contributed by atoms with Gasteiger partial charge in [0, 0.05) is 6.07 Å². The molecule has 1 atom stereocenters. The number of hydrogen-bond acceptors (Lipinski definition) is 5. The van der Waals surface area contributed by atoms with Crippen molar-refractivity contribution >= 4 is 5.69 Å². The molecule has 1 aromatic heterocycles. The smallest absolute Gasteiger partial charge is 0.272 e. The molecule has 1 heterocycles. The van der Waals surface area contributed by atoms with Gasteiger partial charge in [0.05, 0.1) is 28.8 Å². The third-order valence-electron chi connectivity index (χ3n) is 2.34. The average Bonchev–Trinajstić information content (AvgIpc) is 2.78. The van der Waals surface area contributed by atoms with Gasteiger partial charge in [0.2, 0.25) is 5.89 Å². The van der Waals surface area contributed by atoms with E-state index in [4.69, 9.17) is 10.2 Å². The Bertz CT molecular complexity index is 595. The number of benzene rings is 1. The maximum Gasteiger partial charge on any atom is 0.272 e. The van der Waals surface area contributed by atoms with Crippen LogP contribution in [0.5, 0.6) is 0 Å². The van der Waals surface area contributed by atoms with Gasteiger partial charge in [0.1, 0.15) is 5.82 Å². The van der Waals surface area contributed by atoms with Gasteiger partial charge in [-0.2, -0.15) is 0 Å². The first-order valence-corrected chi connectivity index (χ1v) is 5.14. The fraction of sp³-hybridized carbons (Fsp3) is 0.182. The molecule has 0 amide bonds. The molecule has 0 fully saturated rings. The second-order valence-electron chi connectivity index (χ2n) is 3.77.